The highest BCUT2D eigenvalue weighted by Crippen LogP contribution is 2.22. The van der Waals surface area contributed by atoms with E-state index in [1.54, 1.807) is 6.26 Å². The maximum absolute atomic E-state index is 5.64. The van der Waals surface area contributed by atoms with Crippen molar-refractivity contribution in [3.05, 3.63) is 36.4 Å². The van der Waals surface area contributed by atoms with E-state index in [0.717, 1.165) is 22.5 Å². The molecule has 1 heterocycles. The molecule has 13 heavy (non-hydrogen) atoms. The van der Waals surface area contributed by atoms with Gasteiger partial charge in [-0.15, -0.1) is 0 Å². The van der Waals surface area contributed by atoms with Gasteiger partial charge >= 0.3 is 0 Å². The number of hydrogen-bond donors (Lipinski definition) is 1. The van der Waals surface area contributed by atoms with Crippen LogP contribution in [0.1, 0.15) is 5.56 Å². The summed E-state index contributed by atoms with van der Waals surface area (Å²) >= 11 is 0. The zero-order valence-corrected chi connectivity index (χ0v) is 7.32. The quantitative estimate of drug-likeness (QED) is 0.674. The monoisotopic (exact) mass is 174 g/mol. The van der Waals surface area contributed by atoms with E-state index < -0.39 is 0 Å². The molecule has 0 unspecified atom stereocenters. The number of rotatable bonds is 1. The van der Waals surface area contributed by atoms with E-state index in [1.165, 1.54) is 6.39 Å². The molecule has 0 bridgehead atoms. The lowest BCUT2D eigenvalue weighted by molar-refractivity contribution is 0.558. The summed E-state index contributed by atoms with van der Waals surface area (Å²) in [5.41, 5.74) is 9.41. The number of nitrogen functional groups attached to an aromatic ring is 1. The largest absolute Gasteiger partial charge is 0.451 e. The average Bonchev–Trinajstić information content (AvgIpc) is 2.56. The summed E-state index contributed by atoms with van der Waals surface area (Å²) in [6, 6.07) is 5.73. The first-order chi connectivity index (χ1) is 6.27. The molecule has 0 amide bonds. The smallest absolute Gasteiger partial charge is 0.181 e. The molecule has 1 aromatic carbocycles. The van der Waals surface area contributed by atoms with Crippen molar-refractivity contribution in [3.63, 3.8) is 0 Å². The van der Waals surface area contributed by atoms with Crippen molar-refractivity contribution >= 4 is 5.69 Å². The number of nitrogens with zero attached hydrogens (tertiary/aromatic N) is 1. The van der Waals surface area contributed by atoms with Gasteiger partial charge in [0.1, 0.15) is 12.0 Å². The van der Waals surface area contributed by atoms with Gasteiger partial charge in [0.15, 0.2) is 6.39 Å². The van der Waals surface area contributed by atoms with Crippen LogP contribution in [0.25, 0.3) is 11.3 Å². The maximum Gasteiger partial charge on any atom is 0.181 e. The molecule has 0 fully saturated rings. The molecule has 0 spiro atoms. The van der Waals surface area contributed by atoms with Gasteiger partial charge in [-0.05, 0) is 24.6 Å². The van der Waals surface area contributed by atoms with Gasteiger partial charge < -0.3 is 10.2 Å². The molecule has 2 rings (SSSR count). The fourth-order valence-corrected chi connectivity index (χ4v) is 1.32. The molecule has 0 aliphatic heterocycles. The zero-order chi connectivity index (χ0) is 9.26. The Morgan fingerprint density at radius 1 is 1.38 bits per heavy atom. The molecule has 2 aromatic rings. The Kier molecular flexibility index (Phi) is 1.77. The summed E-state index contributed by atoms with van der Waals surface area (Å²) in [5.74, 6) is 0. The van der Waals surface area contributed by atoms with Crippen molar-refractivity contribution in [1.82, 2.24) is 4.98 Å². The maximum atomic E-state index is 5.64. The van der Waals surface area contributed by atoms with Crippen molar-refractivity contribution in [2.24, 2.45) is 0 Å². The summed E-state index contributed by atoms with van der Waals surface area (Å²) in [7, 11) is 0. The highest BCUT2D eigenvalue weighted by molar-refractivity contribution is 5.65. The molecule has 0 aliphatic rings. The predicted molar refractivity (Wildman–Crippen MR) is 51.1 cm³/mol. The molecule has 0 saturated heterocycles. The Morgan fingerprint density at radius 3 is 2.85 bits per heavy atom. The Balaban J connectivity index is 2.53. The molecule has 0 saturated carbocycles. The van der Waals surface area contributed by atoms with E-state index in [2.05, 4.69) is 4.98 Å². The SMILES string of the molecule is Cc1cc(N)ccc1-c1cocn1. The number of oxazole rings is 1. The third kappa shape index (κ3) is 1.40. The molecular weight excluding hydrogens is 164 g/mol. The van der Waals surface area contributed by atoms with Crippen LogP contribution >= 0.6 is 0 Å². The topological polar surface area (TPSA) is 52.0 Å². The predicted octanol–water partition coefficient (Wildman–Crippen LogP) is 2.23. The van der Waals surface area contributed by atoms with Gasteiger partial charge in [0, 0.05) is 11.3 Å². The van der Waals surface area contributed by atoms with Crippen LogP contribution in [-0.4, -0.2) is 4.98 Å². The highest BCUT2D eigenvalue weighted by atomic mass is 16.3. The van der Waals surface area contributed by atoms with Gasteiger partial charge in [-0.2, -0.15) is 0 Å². The zero-order valence-electron chi connectivity index (χ0n) is 7.32. The number of benzene rings is 1. The standard InChI is InChI=1S/C10H10N2O/c1-7-4-8(11)2-3-9(7)10-5-13-6-12-10/h2-6H,11H2,1H3. The second-order valence-corrected chi connectivity index (χ2v) is 2.95. The number of aryl methyl sites for hydroxylation is 1. The summed E-state index contributed by atoms with van der Waals surface area (Å²) in [5, 5.41) is 0. The Labute approximate surface area is 76.2 Å². The van der Waals surface area contributed by atoms with E-state index >= 15 is 0 Å². The van der Waals surface area contributed by atoms with Crippen molar-refractivity contribution in [2.45, 2.75) is 6.92 Å². The molecule has 0 radical (unpaired) electrons. The normalized spacial score (nSPS) is 10.2. The van der Waals surface area contributed by atoms with E-state index in [9.17, 15) is 0 Å². The van der Waals surface area contributed by atoms with Crippen LogP contribution in [-0.2, 0) is 0 Å². The molecule has 0 aliphatic carbocycles. The lowest BCUT2D eigenvalue weighted by Gasteiger charge is -2.02. The van der Waals surface area contributed by atoms with Gasteiger partial charge in [0.05, 0.1) is 0 Å². The lowest BCUT2D eigenvalue weighted by Crippen LogP contribution is -1.88. The van der Waals surface area contributed by atoms with Crippen LogP contribution in [0.15, 0.2) is 35.3 Å². The molecule has 2 N–H and O–H groups in total. The third-order valence-electron chi connectivity index (χ3n) is 1.96. The first-order valence-corrected chi connectivity index (χ1v) is 4.02. The van der Waals surface area contributed by atoms with Gasteiger partial charge in [-0.1, -0.05) is 6.07 Å². The van der Waals surface area contributed by atoms with E-state index in [4.69, 9.17) is 10.2 Å². The van der Waals surface area contributed by atoms with Gasteiger partial charge in [0.25, 0.3) is 0 Å². The fourth-order valence-electron chi connectivity index (χ4n) is 1.32. The lowest BCUT2D eigenvalue weighted by atomic mass is 10.1. The molecule has 1 aromatic heterocycles. The van der Waals surface area contributed by atoms with Gasteiger partial charge in [0.2, 0.25) is 0 Å². The van der Waals surface area contributed by atoms with E-state index in [-0.39, 0.29) is 0 Å². The number of hydrogen-bond acceptors (Lipinski definition) is 3. The molecular formula is C10H10N2O. The van der Waals surface area contributed by atoms with E-state index in [1.807, 2.05) is 25.1 Å². The van der Waals surface area contributed by atoms with Crippen LogP contribution in [0.5, 0.6) is 0 Å². The minimum atomic E-state index is 0.768. The summed E-state index contributed by atoms with van der Waals surface area (Å²) in [6.45, 7) is 2.00. The Bertz CT molecular complexity index is 407. The van der Waals surface area contributed by atoms with Crippen LogP contribution in [0, 0.1) is 6.92 Å². The third-order valence-corrected chi connectivity index (χ3v) is 1.96. The van der Waals surface area contributed by atoms with Crippen molar-refractivity contribution < 1.29 is 4.42 Å². The highest BCUT2D eigenvalue weighted by Gasteiger charge is 2.03. The Morgan fingerprint density at radius 2 is 2.23 bits per heavy atom. The fraction of sp³-hybridized carbons (Fsp3) is 0.100. The van der Waals surface area contributed by atoms with Gasteiger partial charge in [-0.25, -0.2) is 4.98 Å². The second kappa shape index (κ2) is 2.94. The number of anilines is 1. The number of aromatic nitrogens is 1. The minimum Gasteiger partial charge on any atom is -0.451 e. The van der Waals surface area contributed by atoms with Crippen molar-refractivity contribution in [2.75, 3.05) is 5.73 Å². The minimum absolute atomic E-state index is 0.768. The second-order valence-electron chi connectivity index (χ2n) is 2.95. The first-order valence-electron chi connectivity index (χ1n) is 4.02. The molecule has 3 heteroatoms. The van der Waals surface area contributed by atoms with Crippen LogP contribution < -0.4 is 5.73 Å². The van der Waals surface area contributed by atoms with Gasteiger partial charge in [-0.3, -0.25) is 0 Å². The Hall–Kier alpha value is -1.77. The van der Waals surface area contributed by atoms with Crippen LogP contribution in [0.4, 0.5) is 5.69 Å². The van der Waals surface area contributed by atoms with Crippen LogP contribution in [0.3, 0.4) is 0 Å². The summed E-state index contributed by atoms with van der Waals surface area (Å²) < 4.78 is 4.91. The van der Waals surface area contributed by atoms with Crippen molar-refractivity contribution in [1.29, 1.82) is 0 Å². The first kappa shape index (κ1) is 7.86. The molecule has 66 valence electrons. The summed E-state index contributed by atoms with van der Waals surface area (Å²) in [6.07, 6.45) is 3.05. The molecule has 0 atom stereocenters. The van der Waals surface area contributed by atoms with Crippen molar-refractivity contribution in [3.8, 4) is 11.3 Å². The average molecular weight is 174 g/mol. The molecule has 3 nitrogen and oxygen atoms in total. The number of nitrogens with two attached hydrogens (primary N) is 1. The van der Waals surface area contributed by atoms with Crippen LogP contribution in [0.2, 0.25) is 0 Å². The van der Waals surface area contributed by atoms with E-state index in [0.29, 0.717) is 0 Å². The summed E-state index contributed by atoms with van der Waals surface area (Å²) in [4.78, 5) is 4.07.